The van der Waals surface area contributed by atoms with Gasteiger partial charge < -0.3 is 15.9 Å². The SMILES string of the molecule is Nc1c(F)cccc1SCC(O)CO. The van der Waals surface area contributed by atoms with Crippen molar-refractivity contribution in [2.75, 3.05) is 18.1 Å². The molecule has 4 N–H and O–H groups in total. The van der Waals surface area contributed by atoms with Crippen molar-refractivity contribution in [3.05, 3.63) is 24.0 Å². The Labute approximate surface area is 85.7 Å². The summed E-state index contributed by atoms with van der Waals surface area (Å²) in [6, 6.07) is 4.51. The average molecular weight is 217 g/mol. The largest absolute Gasteiger partial charge is 0.395 e. The summed E-state index contributed by atoms with van der Waals surface area (Å²) >= 11 is 1.22. The highest BCUT2D eigenvalue weighted by Crippen LogP contribution is 2.27. The van der Waals surface area contributed by atoms with Crippen LogP contribution in [0.1, 0.15) is 0 Å². The Balaban J connectivity index is 2.63. The van der Waals surface area contributed by atoms with Gasteiger partial charge in [0.15, 0.2) is 0 Å². The molecule has 0 aliphatic carbocycles. The second-order valence-corrected chi connectivity index (χ2v) is 3.86. The molecular formula is C9H12FNO2S. The molecule has 0 aliphatic heterocycles. The van der Waals surface area contributed by atoms with Crippen LogP contribution in [-0.4, -0.2) is 28.7 Å². The van der Waals surface area contributed by atoms with E-state index in [2.05, 4.69) is 0 Å². The maximum Gasteiger partial charge on any atom is 0.147 e. The minimum atomic E-state index is -0.803. The summed E-state index contributed by atoms with van der Waals surface area (Å²) in [6.07, 6.45) is -0.803. The van der Waals surface area contributed by atoms with Crippen molar-refractivity contribution in [3.63, 3.8) is 0 Å². The number of thioether (sulfide) groups is 1. The first-order valence-corrected chi connectivity index (χ1v) is 5.09. The molecule has 3 nitrogen and oxygen atoms in total. The maximum atomic E-state index is 12.9. The molecule has 0 bridgehead atoms. The molecule has 1 rings (SSSR count). The minimum Gasteiger partial charge on any atom is -0.395 e. The molecule has 0 fully saturated rings. The van der Waals surface area contributed by atoms with E-state index in [-0.39, 0.29) is 12.3 Å². The minimum absolute atomic E-state index is 0.0858. The van der Waals surface area contributed by atoms with Crippen LogP contribution in [0.25, 0.3) is 0 Å². The highest BCUT2D eigenvalue weighted by atomic mass is 32.2. The molecule has 0 spiro atoms. The van der Waals surface area contributed by atoms with Crippen LogP contribution in [-0.2, 0) is 0 Å². The second-order valence-electron chi connectivity index (χ2n) is 2.80. The van der Waals surface area contributed by atoms with Gasteiger partial charge in [0.1, 0.15) is 5.82 Å². The lowest BCUT2D eigenvalue weighted by atomic mass is 10.3. The van der Waals surface area contributed by atoms with E-state index in [0.29, 0.717) is 10.6 Å². The van der Waals surface area contributed by atoms with Crippen molar-refractivity contribution in [2.45, 2.75) is 11.0 Å². The molecular weight excluding hydrogens is 205 g/mol. The molecule has 0 aliphatic rings. The van der Waals surface area contributed by atoms with Crippen LogP contribution in [0.5, 0.6) is 0 Å². The maximum absolute atomic E-state index is 12.9. The van der Waals surface area contributed by atoms with Gasteiger partial charge in [-0.3, -0.25) is 0 Å². The lowest BCUT2D eigenvalue weighted by molar-refractivity contribution is 0.113. The fourth-order valence-electron chi connectivity index (χ4n) is 0.882. The topological polar surface area (TPSA) is 66.5 Å². The van der Waals surface area contributed by atoms with Gasteiger partial charge in [0, 0.05) is 10.6 Å². The molecule has 0 aromatic heterocycles. The summed E-state index contributed by atoms with van der Waals surface area (Å²) in [5, 5.41) is 17.6. The molecule has 5 heteroatoms. The molecule has 0 saturated heterocycles. The monoisotopic (exact) mass is 217 g/mol. The molecule has 1 unspecified atom stereocenters. The van der Waals surface area contributed by atoms with Crippen molar-refractivity contribution in [1.82, 2.24) is 0 Å². The highest BCUT2D eigenvalue weighted by molar-refractivity contribution is 7.99. The predicted octanol–water partition coefficient (Wildman–Crippen LogP) is 0.853. The summed E-state index contributed by atoms with van der Waals surface area (Å²) in [6.45, 7) is -0.303. The van der Waals surface area contributed by atoms with Crippen molar-refractivity contribution < 1.29 is 14.6 Å². The number of aliphatic hydroxyl groups excluding tert-OH is 2. The zero-order valence-corrected chi connectivity index (χ0v) is 8.30. The lowest BCUT2D eigenvalue weighted by Gasteiger charge is -2.08. The molecule has 0 amide bonds. The van der Waals surface area contributed by atoms with Gasteiger partial charge in [0.2, 0.25) is 0 Å². The number of rotatable bonds is 4. The third-order valence-corrected chi connectivity index (χ3v) is 2.87. The number of para-hydroxylation sites is 1. The number of halogens is 1. The molecule has 78 valence electrons. The highest BCUT2D eigenvalue weighted by Gasteiger charge is 2.07. The molecule has 1 aromatic carbocycles. The molecule has 1 atom stereocenters. The smallest absolute Gasteiger partial charge is 0.147 e. The number of hydrogen-bond donors (Lipinski definition) is 3. The summed E-state index contributed by atoms with van der Waals surface area (Å²) in [5.41, 5.74) is 5.56. The summed E-state index contributed by atoms with van der Waals surface area (Å²) < 4.78 is 12.9. The van der Waals surface area contributed by atoms with Crippen molar-refractivity contribution in [1.29, 1.82) is 0 Å². The molecule has 1 aromatic rings. The summed E-state index contributed by atoms with van der Waals surface area (Å²) in [5.74, 6) is -0.169. The van der Waals surface area contributed by atoms with E-state index in [1.807, 2.05) is 0 Å². The van der Waals surface area contributed by atoms with Gasteiger partial charge in [-0.15, -0.1) is 11.8 Å². The zero-order chi connectivity index (χ0) is 10.6. The fraction of sp³-hybridized carbons (Fsp3) is 0.333. The van der Waals surface area contributed by atoms with Gasteiger partial charge in [-0.1, -0.05) is 6.07 Å². The van der Waals surface area contributed by atoms with Crippen molar-refractivity contribution in [3.8, 4) is 0 Å². The number of benzene rings is 1. The fourth-order valence-corrected chi connectivity index (χ4v) is 1.79. The quantitative estimate of drug-likeness (QED) is 0.517. The number of anilines is 1. The summed E-state index contributed by atoms with van der Waals surface area (Å²) in [7, 11) is 0. The van der Waals surface area contributed by atoms with Crippen LogP contribution in [0, 0.1) is 5.82 Å². The third-order valence-electron chi connectivity index (χ3n) is 1.65. The molecule has 0 saturated carbocycles. The third kappa shape index (κ3) is 2.87. The van der Waals surface area contributed by atoms with Crippen LogP contribution < -0.4 is 5.73 Å². The second kappa shape index (κ2) is 5.19. The van der Waals surface area contributed by atoms with Crippen LogP contribution in [0.2, 0.25) is 0 Å². The predicted molar refractivity (Wildman–Crippen MR) is 54.6 cm³/mol. The van der Waals surface area contributed by atoms with Crippen LogP contribution in [0.4, 0.5) is 10.1 Å². The first-order chi connectivity index (χ1) is 6.65. The number of aliphatic hydroxyl groups is 2. The number of nitrogens with two attached hydrogens (primary N) is 1. The van der Waals surface area contributed by atoms with E-state index < -0.39 is 11.9 Å². The molecule has 0 heterocycles. The van der Waals surface area contributed by atoms with E-state index >= 15 is 0 Å². The van der Waals surface area contributed by atoms with Gasteiger partial charge in [-0.2, -0.15) is 0 Å². The van der Waals surface area contributed by atoms with Gasteiger partial charge >= 0.3 is 0 Å². The first kappa shape index (κ1) is 11.3. The lowest BCUT2D eigenvalue weighted by Crippen LogP contribution is -2.14. The van der Waals surface area contributed by atoms with Gasteiger partial charge in [0.25, 0.3) is 0 Å². The van der Waals surface area contributed by atoms with Gasteiger partial charge in [0.05, 0.1) is 18.4 Å². The Morgan fingerprint density at radius 2 is 2.21 bits per heavy atom. The Morgan fingerprint density at radius 1 is 1.50 bits per heavy atom. The standard InChI is InChI=1S/C9H12FNO2S/c10-7-2-1-3-8(9(7)11)14-5-6(13)4-12/h1-3,6,12-13H,4-5,11H2. The number of hydrogen-bond acceptors (Lipinski definition) is 4. The first-order valence-electron chi connectivity index (χ1n) is 4.11. The molecule has 14 heavy (non-hydrogen) atoms. The van der Waals surface area contributed by atoms with Gasteiger partial charge in [-0.25, -0.2) is 4.39 Å². The van der Waals surface area contributed by atoms with Crippen molar-refractivity contribution >= 4 is 17.4 Å². The Bertz CT molecular complexity index is 309. The van der Waals surface area contributed by atoms with E-state index in [1.165, 1.54) is 17.8 Å². The zero-order valence-electron chi connectivity index (χ0n) is 7.48. The van der Waals surface area contributed by atoms with E-state index in [0.717, 1.165) is 0 Å². The van der Waals surface area contributed by atoms with Crippen LogP contribution in [0.3, 0.4) is 0 Å². The van der Waals surface area contributed by atoms with Gasteiger partial charge in [-0.05, 0) is 12.1 Å². The molecule has 0 radical (unpaired) electrons. The Hall–Kier alpha value is -0.780. The van der Waals surface area contributed by atoms with Crippen LogP contribution >= 0.6 is 11.8 Å². The number of nitrogen functional groups attached to an aromatic ring is 1. The average Bonchev–Trinajstić information content (AvgIpc) is 2.20. The van der Waals surface area contributed by atoms with Crippen molar-refractivity contribution in [2.24, 2.45) is 0 Å². The van der Waals surface area contributed by atoms with Crippen LogP contribution in [0.15, 0.2) is 23.1 Å². The summed E-state index contributed by atoms with van der Waals surface area (Å²) in [4.78, 5) is 0.581. The normalized spacial score (nSPS) is 12.8. The van der Waals surface area contributed by atoms with E-state index in [9.17, 15) is 4.39 Å². The van der Waals surface area contributed by atoms with E-state index in [4.69, 9.17) is 15.9 Å². The van der Waals surface area contributed by atoms with E-state index in [1.54, 1.807) is 12.1 Å². The Morgan fingerprint density at radius 3 is 2.86 bits per heavy atom. The Kier molecular flexibility index (Phi) is 4.19.